The van der Waals surface area contributed by atoms with Crippen LogP contribution in [0.1, 0.15) is 32.1 Å². The number of ether oxygens (including phenoxy) is 1. The van der Waals surface area contributed by atoms with Gasteiger partial charge in [-0.25, -0.2) is 0 Å². The Bertz CT molecular complexity index is 186. The molecule has 3 nitrogen and oxygen atoms in total. The summed E-state index contributed by atoms with van der Waals surface area (Å²) in [5.41, 5.74) is 5.80. The molecule has 0 aromatic rings. The quantitative estimate of drug-likeness (QED) is 0.710. The first-order chi connectivity index (χ1) is 6.78. The Morgan fingerprint density at radius 1 is 1.36 bits per heavy atom. The predicted molar refractivity (Wildman–Crippen MR) is 54.9 cm³/mol. The van der Waals surface area contributed by atoms with E-state index in [1.54, 1.807) is 0 Å². The van der Waals surface area contributed by atoms with E-state index in [9.17, 15) is 5.11 Å². The molecule has 0 unspecified atom stereocenters. The van der Waals surface area contributed by atoms with Gasteiger partial charge in [0, 0.05) is 25.2 Å². The van der Waals surface area contributed by atoms with E-state index in [2.05, 4.69) is 0 Å². The molecule has 2 rings (SSSR count). The summed E-state index contributed by atoms with van der Waals surface area (Å²) in [5, 5.41) is 10.3. The van der Waals surface area contributed by atoms with Crippen molar-refractivity contribution in [2.45, 2.75) is 38.2 Å². The molecule has 0 spiro atoms. The lowest BCUT2D eigenvalue weighted by molar-refractivity contribution is -0.0941. The van der Waals surface area contributed by atoms with Crippen molar-refractivity contribution in [3.63, 3.8) is 0 Å². The Morgan fingerprint density at radius 2 is 2.00 bits per heavy atom. The maximum atomic E-state index is 10.3. The molecule has 0 aromatic carbocycles. The lowest BCUT2D eigenvalue weighted by Crippen LogP contribution is -2.50. The zero-order valence-corrected chi connectivity index (χ0v) is 8.74. The van der Waals surface area contributed by atoms with Crippen molar-refractivity contribution in [1.29, 1.82) is 0 Å². The van der Waals surface area contributed by atoms with Crippen LogP contribution in [0.15, 0.2) is 0 Å². The van der Waals surface area contributed by atoms with Crippen LogP contribution >= 0.6 is 0 Å². The number of hydrogen-bond acceptors (Lipinski definition) is 3. The summed E-state index contributed by atoms with van der Waals surface area (Å²) in [6.45, 7) is 2.13. The summed E-state index contributed by atoms with van der Waals surface area (Å²) in [6, 6.07) is 0. The molecule has 14 heavy (non-hydrogen) atoms. The van der Waals surface area contributed by atoms with Crippen molar-refractivity contribution >= 4 is 0 Å². The summed E-state index contributed by atoms with van der Waals surface area (Å²) >= 11 is 0. The maximum absolute atomic E-state index is 10.3. The van der Waals surface area contributed by atoms with Crippen molar-refractivity contribution < 1.29 is 9.84 Å². The third-order valence-electron chi connectivity index (χ3n) is 4.12. The first kappa shape index (κ1) is 10.4. The highest BCUT2D eigenvalue weighted by Gasteiger charge is 2.43. The van der Waals surface area contributed by atoms with Crippen molar-refractivity contribution in [2.75, 3.05) is 19.8 Å². The van der Waals surface area contributed by atoms with Crippen LogP contribution in [-0.2, 0) is 4.74 Å². The monoisotopic (exact) mass is 199 g/mol. The first-order valence-corrected chi connectivity index (χ1v) is 5.74. The van der Waals surface area contributed by atoms with Gasteiger partial charge in [-0.1, -0.05) is 6.42 Å². The minimum Gasteiger partial charge on any atom is -0.392 e. The third-order valence-corrected chi connectivity index (χ3v) is 4.12. The van der Waals surface area contributed by atoms with E-state index in [0.29, 0.717) is 12.5 Å². The van der Waals surface area contributed by atoms with E-state index in [-0.39, 0.29) is 11.5 Å². The molecular weight excluding hydrogens is 178 g/mol. The highest BCUT2D eigenvalue weighted by molar-refractivity contribution is 4.94. The lowest BCUT2D eigenvalue weighted by Gasteiger charge is -2.45. The molecule has 1 aliphatic carbocycles. The molecule has 1 heterocycles. The van der Waals surface area contributed by atoms with Crippen LogP contribution in [0.4, 0.5) is 0 Å². The normalized spacial score (nSPS) is 29.6. The van der Waals surface area contributed by atoms with Crippen LogP contribution in [-0.4, -0.2) is 31.0 Å². The Kier molecular flexibility index (Phi) is 3.10. The Balaban J connectivity index is 2.01. The summed E-state index contributed by atoms with van der Waals surface area (Å²) in [5.74, 6) is 0.511. The van der Waals surface area contributed by atoms with Gasteiger partial charge in [0.2, 0.25) is 0 Å². The standard InChI is InChI=1S/C11H21NO2/c12-8-11(4-6-14-7-5-11)10(13)9-2-1-3-9/h9-10,13H,1-8,12H2/t10-/m0/s1. The van der Waals surface area contributed by atoms with Crippen molar-refractivity contribution in [1.82, 2.24) is 0 Å². The molecule has 1 aliphatic heterocycles. The van der Waals surface area contributed by atoms with Gasteiger partial charge in [-0.3, -0.25) is 0 Å². The van der Waals surface area contributed by atoms with Gasteiger partial charge in [-0.05, 0) is 31.6 Å². The molecule has 1 atom stereocenters. The zero-order valence-electron chi connectivity index (χ0n) is 8.74. The Hall–Kier alpha value is -0.120. The van der Waals surface area contributed by atoms with Crippen molar-refractivity contribution in [2.24, 2.45) is 17.1 Å². The second-order valence-electron chi connectivity index (χ2n) is 4.81. The first-order valence-electron chi connectivity index (χ1n) is 5.74. The minimum atomic E-state index is -0.190. The molecule has 1 saturated carbocycles. The van der Waals surface area contributed by atoms with E-state index in [0.717, 1.165) is 26.1 Å². The van der Waals surface area contributed by atoms with Gasteiger partial charge in [0.15, 0.2) is 0 Å². The fourth-order valence-corrected chi connectivity index (χ4v) is 2.65. The number of hydrogen-bond donors (Lipinski definition) is 2. The van der Waals surface area contributed by atoms with E-state index >= 15 is 0 Å². The lowest BCUT2D eigenvalue weighted by atomic mass is 9.66. The van der Waals surface area contributed by atoms with Crippen LogP contribution in [0.2, 0.25) is 0 Å². The summed E-state index contributed by atoms with van der Waals surface area (Å²) in [4.78, 5) is 0. The van der Waals surface area contributed by atoms with Crippen LogP contribution in [0.5, 0.6) is 0 Å². The van der Waals surface area contributed by atoms with E-state index in [4.69, 9.17) is 10.5 Å². The summed E-state index contributed by atoms with van der Waals surface area (Å²) in [7, 11) is 0. The van der Waals surface area contributed by atoms with Gasteiger partial charge in [-0.15, -0.1) is 0 Å². The number of nitrogens with two attached hydrogens (primary N) is 1. The van der Waals surface area contributed by atoms with Crippen LogP contribution in [0, 0.1) is 11.3 Å². The molecule has 2 aliphatic rings. The minimum absolute atomic E-state index is 0.0384. The maximum Gasteiger partial charge on any atom is 0.0638 e. The van der Waals surface area contributed by atoms with Gasteiger partial charge in [0.1, 0.15) is 0 Å². The molecule has 0 aromatic heterocycles. The molecule has 0 amide bonds. The van der Waals surface area contributed by atoms with Gasteiger partial charge in [0.25, 0.3) is 0 Å². The Morgan fingerprint density at radius 3 is 2.43 bits per heavy atom. The summed E-state index contributed by atoms with van der Waals surface area (Å²) in [6.07, 6.45) is 5.32. The smallest absolute Gasteiger partial charge is 0.0638 e. The average molecular weight is 199 g/mol. The second kappa shape index (κ2) is 4.17. The van der Waals surface area contributed by atoms with Crippen LogP contribution in [0.25, 0.3) is 0 Å². The van der Waals surface area contributed by atoms with Gasteiger partial charge in [-0.2, -0.15) is 0 Å². The van der Waals surface area contributed by atoms with Crippen LogP contribution in [0.3, 0.4) is 0 Å². The van der Waals surface area contributed by atoms with Crippen LogP contribution < -0.4 is 5.73 Å². The largest absolute Gasteiger partial charge is 0.392 e. The highest BCUT2D eigenvalue weighted by atomic mass is 16.5. The van der Waals surface area contributed by atoms with E-state index < -0.39 is 0 Å². The topological polar surface area (TPSA) is 55.5 Å². The molecule has 1 saturated heterocycles. The van der Waals surface area contributed by atoms with Gasteiger partial charge >= 0.3 is 0 Å². The second-order valence-corrected chi connectivity index (χ2v) is 4.81. The van der Waals surface area contributed by atoms with E-state index in [1.165, 1.54) is 19.3 Å². The molecule has 2 fully saturated rings. The zero-order chi connectivity index (χ0) is 10.0. The molecule has 3 N–H and O–H groups in total. The average Bonchev–Trinajstić information content (AvgIpc) is 2.16. The highest BCUT2D eigenvalue weighted by Crippen LogP contribution is 2.42. The molecule has 82 valence electrons. The number of rotatable bonds is 3. The van der Waals surface area contributed by atoms with Crippen molar-refractivity contribution in [3.8, 4) is 0 Å². The predicted octanol–water partition coefficient (Wildman–Crippen LogP) is 0.903. The van der Waals surface area contributed by atoms with Crippen molar-refractivity contribution in [3.05, 3.63) is 0 Å². The fraction of sp³-hybridized carbons (Fsp3) is 1.00. The summed E-state index contributed by atoms with van der Waals surface area (Å²) < 4.78 is 5.34. The Labute approximate surface area is 85.6 Å². The number of aliphatic hydroxyl groups is 1. The molecular formula is C11H21NO2. The van der Waals surface area contributed by atoms with E-state index in [1.807, 2.05) is 0 Å². The fourth-order valence-electron chi connectivity index (χ4n) is 2.65. The van der Waals surface area contributed by atoms with Gasteiger partial charge in [0.05, 0.1) is 6.10 Å². The molecule has 3 heteroatoms. The third kappa shape index (κ3) is 1.69. The molecule has 0 radical (unpaired) electrons. The molecule has 0 bridgehead atoms. The number of aliphatic hydroxyl groups excluding tert-OH is 1. The van der Waals surface area contributed by atoms with Gasteiger partial charge < -0.3 is 15.6 Å². The SMILES string of the molecule is NCC1([C@@H](O)C2CCC2)CCOCC1.